The van der Waals surface area contributed by atoms with Crippen molar-refractivity contribution in [2.24, 2.45) is 11.8 Å². The standard InChI is InChI=1S/C27H32ClFN4O5/c28-18-6-4-16(20(29)14-18)5-9-23(34)32-22(12-15-2-1-3-15)26(37)33-21(13-17-10-11-30-25(17)36)24(35)27(38)31-19-7-8-19/h4-6,9,14-15,17,19,21-22H,1-3,7-8,10-13H2,(H,30,36)(H,31,38)(H,32,34)(H,33,37)/b9-5+/t17-,21?,22?/m0/s1. The summed E-state index contributed by atoms with van der Waals surface area (Å²) in [6.45, 7) is 0.466. The maximum Gasteiger partial charge on any atom is 0.289 e. The summed E-state index contributed by atoms with van der Waals surface area (Å²) >= 11 is 5.76. The molecule has 0 aromatic heterocycles. The molecule has 1 saturated heterocycles. The van der Waals surface area contributed by atoms with E-state index >= 15 is 0 Å². The molecule has 3 fully saturated rings. The van der Waals surface area contributed by atoms with Crippen LogP contribution in [0, 0.1) is 17.7 Å². The van der Waals surface area contributed by atoms with Crippen molar-refractivity contribution in [3.8, 4) is 0 Å². The van der Waals surface area contributed by atoms with E-state index in [0.717, 1.165) is 44.2 Å². The highest BCUT2D eigenvalue weighted by molar-refractivity contribution is 6.38. The Bertz CT molecular complexity index is 1130. The van der Waals surface area contributed by atoms with Crippen LogP contribution < -0.4 is 21.3 Å². The average molecular weight is 547 g/mol. The van der Waals surface area contributed by atoms with Crippen LogP contribution >= 0.6 is 11.6 Å². The van der Waals surface area contributed by atoms with Crippen molar-refractivity contribution in [1.82, 2.24) is 21.3 Å². The predicted molar refractivity (Wildman–Crippen MR) is 138 cm³/mol. The molecule has 3 atom stereocenters. The van der Waals surface area contributed by atoms with Crippen molar-refractivity contribution in [2.45, 2.75) is 69.5 Å². The monoisotopic (exact) mass is 546 g/mol. The smallest absolute Gasteiger partial charge is 0.289 e. The molecule has 0 bridgehead atoms. The van der Waals surface area contributed by atoms with Crippen molar-refractivity contribution in [3.63, 3.8) is 0 Å². The van der Waals surface area contributed by atoms with Crippen molar-refractivity contribution in [2.75, 3.05) is 6.54 Å². The summed E-state index contributed by atoms with van der Waals surface area (Å²) in [4.78, 5) is 63.6. The predicted octanol–water partition coefficient (Wildman–Crippen LogP) is 2.03. The first kappa shape index (κ1) is 27.8. The van der Waals surface area contributed by atoms with E-state index in [4.69, 9.17) is 11.6 Å². The number of halogens is 2. The lowest BCUT2D eigenvalue weighted by Gasteiger charge is -2.30. The molecule has 0 spiro atoms. The zero-order valence-electron chi connectivity index (χ0n) is 20.9. The Morgan fingerprint density at radius 3 is 2.42 bits per heavy atom. The molecule has 2 aliphatic carbocycles. The summed E-state index contributed by atoms with van der Waals surface area (Å²) in [5.74, 6) is -3.90. The Morgan fingerprint density at radius 1 is 1.05 bits per heavy atom. The highest BCUT2D eigenvalue weighted by Crippen LogP contribution is 2.30. The van der Waals surface area contributed by atoms with E-state index in [0.29, 0.717) is 19.4 Å². The molecule has 204 valence electrons. The second-order valence-electron chi connectivity index (χ2n) is 10.3. The van der Waals surface area contributed by atoms with Gasteiger partial charge in [-0.3, -0.25) is 24.0 Å². The van der Waals surface area contributed by atoms with Gasteiger partial charge in [0.1, 0.15) is 11.9 Å². The van der Waals surface area contributed by atoms with E-state index in [1.54, 1.807) is 0 Å². The van der Waals surface area contributed by atoms with Gasteiger partial charge in [0.15, 0.2) is 0 Å². The second kappa shape index (κ2) is 12.5. The molecule has 1 aliphatic heterocycles. The summed E-state index contributed by atoms with van der Waals surface area (Å²) in [5, 5.41) is 10.9. The van der Waals surface area contributed by atoms with Crippen LogP contribution in [0.5, 0.6) is 0 Å². The summed E-state index contributed by atoms with van der Waals surface area (Å²) in [5.41, 5.74) is 0.159. The molecule has 0 radical (unpaired) electrons. The van der Waals surface area contributed by atoms with Gasteiger partial charge in [-0.15, -0.1) is 0 Å². The quantitative estimate of drug-likeness (QED) is 0.235. The minimum Gasteiger partial charge on any atom is -0.356 e. The molecule has 4 N–H and O–H groups in total. The molecule has 11 heteroatoms. The largest absolute Gasteiger partial charge is 0.356 e. The molecule has 1 aromatic rings. The molecule has 1 heterocycles. The zero-order valence-corrected chi connectivity index (χ0v) is 21.7. The number of nitrogens with one attached hydrogen (secondary N) is 4. The second-order valence-corrected chi connectivity index (χ2v) is 10.7. The van der Waals surface area contributed by atoms with Crippen LogP contribution in [0.15, 0.2) is 24.3 Å². The van der Waals surface area contributed by atoms with Gasteiger partial charge in [0.05, 0.1) is 6.04 Å². The normalized spacial score (nSPS) is 20.8. The van der Waals surface area contributed by atoms with Gasteiger partial charge >= 0.3 is 0 Å². The Balaban J connectivity index is 1.44. The number of carbonyl (C=O) groups is 5. The Hall–Kier alpha value is -3.27. The van der Waals surface area contributed by atoms with E-state index in [1.807, 2.05) is 0 Å². The molecule has 38 heavy (non-hydrogen) atoms. The third-order valence-corrected chi connectivity index (χ3v) is 7.49. The lowest BCUT2D eigenvalue weighted by molar-refractivity contribution is -0.141. The van der Waals surface area contributed by atoms with Crippen LogP contribution in [0.4, 0.5) is 4.39 Å². The summed E-state index contributed by atoms with van der Waals surface area (Å²) < 4.78 is 14.1. The molecule has 2 saturated carbocycles. The Morgan fingerprint density at radius 2 is 1.82 bits per heavy atom. The number of amides is 4. The summed E-state index contributed by atoms with van der Waals surface area (Å²) in [6.07, 6.45) is 7.72. The van der Waals surface area contributed by atoms with Gasteiger partial charge in [-0.2, -0.15) is 0 Å². The van der Waals surface area contributed by atoms with Crippen molar-refractivity contribution in [3.05, 3.63) is 40.7 Å². The third kappa shape index (κ3) is 7.63. The average Bonchev–Trinajstić information content (AvgIpc) is 3.57. The molecular weight excluding hydrogens is 515 g/mol. The van der Waals surface area contributed by atoms with Crippen LogP contribution in [0.25, 0.3) is 6.08 Å². The van der Waals surface area contributed by atoms with Crippen LogP contribution in [0.3, 0.4) is 0 Å². The maximum absolute atomic E-state index is 14.1. The fourth-order valence-corrected chi connectivity index (χ4v) is 4.77. The number of rotatable bonds is 12. The third-order valence-electron chi connectivity index (χ3n) is 7.26. The van der Waals surface area contributed by atoms with E-state index < -0.39 is 47.3 Å². The number of ketones is 1. The highest BCUT2D eigenvalue weighted by Gasteiger charge is 2.37. The van der Waals surface area contributed by atoms with Crippen LogP contribution in [0.2, 0.25) is 5.02 Å². The van der Waals surface area contributed by atoms with Crippen LogP contribution in [-0.4, -0.2) is 54.1 Å². The van der Waals surface area contributed by atoms with E-state index in [1.165, 1.54) is 18.2 Å². The number of carbonyl (C=O) groups excluding carboxylic acids is 5. The zero-order chi connectivity index (χ0) is 27.2. The summed E-state index contributed by atoms with van der Waals surface area (Å²) in [7, 11) is 0. The van der Waals surface area contributed by atoms with E-state index in [9.17, 15) is 28.4 Å². The fraction of sp³-hybridized carbons (Fsp3) is 0.519. The number of hydrogen-bond acceptors (Lipinski definition) is 5. The molecule has 3 aliphatic rings. The van der Waals surface area contributed by atoms with Crippen LogP contribution in [0.1, 0.15) is 56.9 Å². The Labute approximate surface area is 225 Å². The maximum atomic E-state index is 14.1. The first-order valence-electron chi connectivity index (χ1n) is 13.1. The van der Waals surface area contributed by atoms with Crippen LogP contribution in [-0.2, 0) is 24.0 Å². The van der Waals surface area contributed by atoms with Gasteiger partial charge in [0.2, 0.25) is 23.5 Å². The highest BCUT2D eigenvalue weighted by atomic mass is 35.5. The van der Waals surface area contributed by atoms with Gasteiger partial charge in [0.25, 0.3) is 5.91 Å². The van der Waals surface area contributed by atoms with Crippen molar-refractivity contribution in [1.29, 1.82) is 0 Å². The number of hydrogen-bond donors (Lipinski definition) is 4. The topological polar surface area (TPSA) is 133 Å². The number of benzene rings is 1. The van der Waals surface area contributed by atoms with E-state index in [-0.39, 0.29) is 34.9 Å². The first-order chi connectivity index (χ1) is 18.2. The SMILES string of the molecule is O=C(/C=C/c1ccc(Cl)cc1F)NC(CC1CCC1)C(=O)NC(C[C@@H]1CCNC1=O)C(=O)C(=O)NC1CC1. The van der Waals surface area contributed by atoms with Gasteiger partial charge in [0, 0.05) is 35.2 Å². The number of Topliss-reactive ketones (excluding diaryl/α,β-unsaturated/α-hetero) is 1. The minimum atomic E-state index is -1.20. The first-order valence-corrected chi connectivity index (χ1v) is 13.4. The van der Waals surface area contributed by atoms with Gasteiger partial charge in [-0.05, 0) is 56.2 Å². The molecule has 4 rings (SSSR count). The van der Waals surface area contributed by atoms with E-state index in [2.05, 4.69) is 21.3 Å². The lowest BCUT2D eigenvalue weighted by Crippen LogP contribution is -2.55. The molecule has 4 amide bonds. The molecule has 1 aromatic carbocycles. The van der Waals surface area contributed by atoms with Crippen molar-refractivity contribution >= 4 is 47.1 Å². The minimum absolute atomic E-state index is 0.00562. The molecule has 2 unspecified atom stereocenters. The molecular formula is C27H32ClFN4O5. The van der Waals surface area contributed by atoms with Gasteiger partial charge in [-0.1, -0.05) is 36.9 Å². The fourth-order valence-electron chi connectivity index (χ4n) is 4.62. The molecule has 9 nitrogen and oxygen atoms in total. The van der Waals surface area contributed by atoms with Gasteiger partial charge in [-0.25, -0.2) is 4.39 Å². The Kier molecular flexibility index (Phi) is 9.14. The lowest BCUT2D eigenvalue weighted by atomic mass is 9.80. The summed E-state index contributed by atoms with van der Waals surface area (Å²) in [6, 6.07) is 1.85. The van der Waals surface area contributed by atoms with Crippen molar-refractivity contribution < 1.29 is 28.4 Å². The van der Waals surface area contributed by atoms with Gasteiger partial charge < -0.3 is 21.3 Å².